The van der Waals surface area contributed by atoms with Crippen LogP contribution in [0.25, 0.3) is 11.0 Å². The number of nitrogens with zero attached hydrogens (tertiary/aromatic N) is 2. The number of thioether (sulfide) groups is 1. The SMILES string of the molecule is COc1cccc(C(C)NC(=O)CSc2nc3cc(C)[nH]c3c(=O)n2C(C)C)c1. The average molecular weight is 415 g/mol. The molecule has 7 nitrogen and oxygen atoms in total. The van der Waals surface area contributed by atoms with Crippen molar-refractivity contribution in [3.8, 4) is 5.75 Å². The van der Waals surface area contributed by atoms with E-state index in [2.05, 4.69) is 15.3 Å². The smallest absolute Gasteiger partial charge is 0.278 e. The van der Waals surface area contributed by atoms with Crippen LogP contribution in [0.2, 0.25) is 0 Å². The third kappa shape index (κ3) is 4.64. The molecule has 0 radical (unpaired) electrons. The first-order chi connectivity index (χ1) is 13.8. The second-order valence-corrected chi connectivity index (χ2v) is 8.17. The minimum atomic E-state index is -0.159. The van der Waals surface area contributed by atoms with Crippen molar-refractivity contribution < 1.29 is 9.53 Å². The van der Waals surface area contributed by atoms with E-state index in [-0.39, 0.29) is 29.3 Å². The van der Waals surface area contributed by atoms with Gasteiger partial charge in [-0.25, -0.2) is 4.98 Å². The predicted octanol–water partition coefficient (Wildman–Crippen LogP) is 3.59. The molecule has 0 fully saturated rings. The first-order valence-electron chi connectivity index (χ1n) is 9.48. The zero-order chi connectivity index (χ0) is 21.1. The fourth-order valence-electron chi connectivity index (χ4n) is 3.15. The van der Waals surface area contributed by atoms with E-state index in [0.29, 0.717) is 16.2 Å². The monoisotopic (exact) mass is 414 g/mol. The molecule has 0 saturated heterocycles. The zero-order valence-electron chi connectivity index (χ0n) is 17.3. The molecule has 0 aliphatic rings. The van der Waals surface area contributed by atoms with Crippen LogP contribution in [-0.4, -0.2) is 33.3 Å². The summed E-state index contributed by atoms with van der Waals surface area (Å²) in [4.78, 5) is 33.0. The van der Waals surface area contributed by atoms with Crippen molar-refractivity contribution in [1.29, 1.82) is 0 Å². The van der Waals surface area contributed by atoms with Gasteiger partial charge in [-0.3, -0.25) is 14.2 Å². The van der Waals surface area contributed by atoms with Gasteiger partial charge in [-0.05, 0) is 51.5 Å². The number of carbonyl (C=O) groups excluding carboxylic acids is 1. The Bertz CT molecular complexity index is 1090. The van der Waals surface area contributed by atoms with E-state index in [9.17, 15) is 9.59 Å². The fraction of sp³-hybridized carbons (Fsp3) is 0.381. The maximum atomic E-state index is 12.8. The lowest BCUT2D eigenvalue weighted by molar-refractivity contribution is -0.119. The number of aryl methyl sites for hydroxylation is 1. The molecule has 1 amide bonds. The van der Waals surface area contributed by atoms with E-state index >= 15 is 0 Å². The molecular formula is C21H26N4O3S. The van der Waals surface area contributed by atoms with Crippen LogP contribution < -0.4 is 15.6 Å². The Morgan fingerprint density at radius 1 is 1.31 bits per heavy atom. The molecule has 3 rings (SSSR count). The van der Waals surface area contributed by atoms with Gasteiger partial charge in [0, 0.05) is 11.7 Å². The summed E-state index contributed by atoms with van der Waals surface area (Å²) >= 11 is 1.27. The standard InChI is InChI=1S/C21H26N4O3S/c1-12(2)25-20(27)19-17(9-13(3)22-19)24-21(25)29-11-18(26)23-14(4)15-7-6-8-16(10-15)28-5/h6-10,12,14,22H,11H2,1-5H3,(H,23,26). The van der Waals surface area contributed by atoms with E-state index in [1.165, 1.54) is 11.8 Å². The van der Waals surface area contributed by atoms with Crippen LogP contribution in [0.15, 0.2) is 40.3 Å². The normalized spacial score (nSPS) is 12.3. The molecule has 2 aromatic heterocycles. The van der Waals surface area contributed by atoms with Gasteiger partial charge in [0.15, 0.2) is 5.16 Å². The lowest BCUT2D eigenvalue weighted by atomic mass is 10.1. The zero-order valence-corrected chi connectivity index (χ0v) is 18.1. The molecule has 0 bridgehead atoms. The van der Waals surface area contributed by atoms with Crippen LogP contribution in [0.3, 0.4) is 0 Å². The van der Waals surface area contributed by atoms with Gasteiger partial charge in [0.05, 0.1) is 24.4 Å². The molecule has 1 unspecified atom stereocenters. The summed E-state index contributed by atoms with van der Waals surface area (Å²) < 4.78 is 6.87. The molecule has 0 aliphatic heterocycles. The lowest BCUT2D eigenvalue weighted by Gasteiger charge is -2.17. The van der Waals surface area contributed by atoms with Crippen LogP contribution >= 0.6 is 11.8 Å². The number of benzene rings is 1. The Morgan fingerprint density at radius 2 is 2.07 bits per heavy atom. The topological polar surface area (TPSA) is 89.0 Å². The van der Waals surface area contributed by atoms with E-state index in [4.69, 9.17) is 4.74 Å². The van der Waals surface area contributed by atoms with Crippen LogP contribution in [0.1, 0.15) is 44.1 Å². The second kappa shape index (κ2) is 8.73. The summed E-state index contributed by atoms with van der Waals surface area (Å²) in [5, 5.41) is 3.53. The average Bonchev–Trinajstić information content (AvgIpc) is 3.06. The number of aromatic nitrogens is 3. The molecule has 8 heteroatoms. The van der Waals surface area contributed by atoms with E-state index in [1.807, 2.05) is 58.0 Å². The maximum absolute atomic E-state index is 12.8. The summed E-state index contributed by atoms with van der Waals surface area (Å²) in [7, 11) is 1.61. The van der Waals surface area contributed by atoms with Gasteiger partial charge in [-0.15, -0.1) is 0 Å². The van der Waals surface area contributed by atoms with Gasteiger partial charge in [0.25, 0.3) is 5.56 Å². The highest BCUT2D eigenvalue weighted by atomic mass is 32.2. The summed E-state index contributed by atoms with van der Waals surface area (Å²) in [6.45, 7) is 7.68. The minimum absolute atomic E-state index is 0.0655. The Labute approximate surface area is 173 Å². The first kappa shape index (κ1) is 21.0. The van der Waals surface area contributed by atoms with Crippen molar-refractivity contribution in [3.05, 3.63) is 51.9 Å². The Balaban J connectivity index is 1.75. The van der Waals surface area contributed by atoms with Crippen LogP contribution in [0.5, 0.6) is 5.75 Å². The number of methoxy groups -OCH3 is 1. The van der Waals surface area contributed by atoms with Crippen molar-refractivity contribution in [2.45, 2.75) is 44.9 Å². The third-order valence-corrected chi connectivity index (χ3v) is 5.56. The van der Waals surface area contributed by atoms with Crippen molar-refractivity contribution in [3.63, 3.8) is 0 Å². The number of amides is 1. The Hall–Kier alpha value is -2.74. The van der Waals surface area contributed by atoms with E-state index < -0.39 is 0 Å². The van der Waals surface area contributed by atoms with Crippen molar-refractivity contribution in [1.82, 2.24) is 19.9 Å². The van der Waals surface area contributed by atoms with E-state index in [1.54, 1.807) is 11.7 Å². The number of H-pyrrole nitrogens is 1. The number of carbonyl (C=O) groups is 1. The molecule has 3 aromatic rings. The summed E-state index contributed by atoms with van der Waals surface area (Å²) in [5.41, 5.74) is 2.84. The number of hydrogen-bond donors (Lipinski definition) is 2. The molecule has 2 N–H and O–H groups in total. The van der Waals surface area contributed by atoms with Crippen molar-refractivity contribution in [2.24, 2.45) is 0 Å². The number of hydrogen-bond acceptors (Lipinski definition) is 5. The van der Waals surface area contributed by atoms with Crippen LogP contribution in [0, 0.1) is 6.92 Å². The minimum Gasteiger partial charge on any atom is -0.497 e. The molecule has 29 heavy (non-hydrogen) atoms. The summed E-state index contributed by atoms with van der Waals surface area (Å²) in [6, 6.07) is 9.22. The van der Waals surface area contributed by atoms with Gasteiger partial charge >= 0.3 is 0 Å². The van der Waals surface area contributed by atoms with Gasteiger partial charge < -0.3 is 15.0 Å². The number of fused-ring (bicyclic) bond motifs is 1. The molecule has 2 heterocycles. The quantitative estimate of drug-likeness (QED) is 0.456. The molecule has 154 valence electrons. The molecule has 1 atom stereocenters. The molecule has 1 aromatic carbocycles. The summed E-state index contributed by atoms with van der Waals surface area (Å²) in [6.07, 6.45) is 0. The Kier molecular flexibility index (Phi) is 6.32. The third-order valence-electron chi connectivity index (χ3n) is 4.61. The lowest BCUT2D eigenvalue weighted by Crippen LogP contribution is -2.29. The molecule has 0 aliphatic carbocycles. The van der Waals surface area contributed by atoms with Crippen molar-refractivity contribution in [2.75, 3.05) is 12.9 Å². The highest BCUT2D eigenvalue weighted by Gasteiger charge is 2.17. The van der Waals surface area contributed by atoms with Gasteiger partial charge in [0.1, 0.15) is 11.3 Å². The number of aromatic amines is 1. The van der Waals surface area contributed by atoms with E-state index in [0.717, 1.165) is 17.0 Å². The van der Waals surface area contributed by atoms with Gasteiger partial charge in [0.2, 0.25) is 5.91 Å². The molecular weight excluding hydrogens is 388 g/mol. The molecule has 0 saturated carbocycles. The molecule has 0 spiro atoms. The highest BCUT2D eigenvalue weighted by molar-refractivity contribution is 7.99. The maximum Gasteiger partial charge on any atom is 0.278 e. The van der Waals surface area contributed by atoms with Crippen LogP contribution in [0.4, 0.5) is 0 Å². The van der Waals surface area contributed by atoms with Gasteiger partial charge in [-0.2, -0.15) is 0 Å². The predicted molar refractivity (Wildman–Crippen MR) is 116 cm³/mol. The fourth-order valence-corrected chi connectivity index (χ4v) is 4.09. The highest BCUT2D eigenvalue weighted by Crippen LogP contribution is 2.22. The Morgan fingerprint density at radius 3 is 2.76 bits per heavy atom. The number of nitrogens with one attached hydrogen (secondary N) is 2. The second-order valence-electron chi connectivity index (χ2n) is 7.23. The van der Waals surface area contributed by atoms with Gasteiger partial charge in [-0.1, -0.05) is 23.9 Å². The number of rotatable bonds is 7. The van der Waals surface area contributed by atoms with Crippen molar-refractivity contribution >= 4 is 28.7 Å². The summed E-state index contributed by atoms with van der Waals surface area (Å²) in [5.74, 6) is 0.793. The number of ether oxygens (including phenoxy) is 1. The largest absolute Gasteiger partial charge is 0.497 e. The first-order valence-corrected chi connectivity index (χ1v) is 10.5. The van der Waals surface area contributed by atoms with Crippen LogP contribution in [-0.2, 0) is 4.79 Å².